The fraction of sp³-hybridized carbons (Fsp3) is 0.296. The van der Waals surface area contributed by atoms with Crippen LogP contribution < -0.4 is 4.74 Å². The van der Waals surface area contributed by atoms with Crippen molar-refractivity contribution in [2.75, 3.05) is 13.7 Å². The van der Waals surface area contributed by atoms with E-state index in [1.54, 1.807) is 21.0 Å². The Labute approximate surface area is 185 Å². The SMILES string of the molecule is COc1ccc(C(C)(C)C(=O)O)c(CCN(Cc2ccccc2)Cc2ccccc2)c1. The molecule has 0 spiro atoms. The third kappa shape index (κ3) is 5.96. The molecule has 1 N–H and O–H groups in total. The number of hydrogen-bond donors (Lipinski definition) is 1. The lowest BCUT2D eigenvalue weighted by Crippen LogP contribution is -2.31. The molecule has 3 aromatic rings. The lowest BCUT2D eigenvalue weighted by molar-refractivity contribution is -0.142. The van der Waals surface area contributed by atoms with Crippen LogP contribution in [-0.2, 0) is 29.7 Å². The van der Waals surface area contributed by atoms with Crippen molar-refractivity contribution in [3.05, 3.63) is 101 Å². The second-order valence-electron chi connectivity index (χ2n) is 8.39. The van der Waals surface area contributed by atoms with Crippen LogP contribution in [0.3, 0.4) is 0 Å². The summed E-state index contributed by atoms with van der Waals surface area (Å²) < 4.78 is 5.42. The third-order valence-corrected chi connectivity index (χ3v) is 5.72. The standard InChI is InChI=1S/C27H31NO3/c1-27(2,26(29)30)25-15-14-24(31-3)18-23(25)16-17-28(19-21-10-6-4-7-11-21)20-22-12-8-5-9-13-22/h4-15,18H,16-17,19-20H2,1-3H3,(H,29,30). The predicted octanol–water partition coefficient (Wildman–Crippen LogP) is 5.30. The molecule has 31 heavy (non-hydrogen) atoms. The van der Waals surface area contributed by atoms with Gasteiger partial charge in [-0.05, 0) is 54.7 Å². The van der Waals surface area contributed by atoms with E-state index >= 15 is 0 Å². The molecule has 0 saturated heterocycles. The van der Waals surface area contributed by atoms with Crippen molar-refractivity contribution in [3.8, 4) is 5.75 Å². The molecule has 162 valence electrons. The van der Waals surface area contributed by atoms with Gasteiger partial charge in [-0.15, -0.1) is 0 Å². The molecule has 3 rings (SSSR count). The van der Waals surface area contributed by atoms with Crippen LogP contribution in [0.15, 0.2) is 78.9 Å². The molecule has 0 fully saturated rings. The summed E-state index contributed by atoms with van der Waals surface area (Å²) in [5.41, 5.74) is 3.40. The van der Waals surface area contributed by atoms with E-state index in [4.69, 9.17) is 4.74 Å². The van der Waals surface area contributed by atoms with Gasteiger partial charge in [-0.2, -0.15) is 0 Å². The van der Waals surface area contributed by atoms with Crippen LogP contribution in [0.25, 0.3) is 0 Å². The van der Waals surface area contributed by atoms with Gasteiger partial charge in [0.05, 0.1) is 12.5 Å². The number of ether oxygens (including phenoxy) is 1. The normalized spacial score (nSPS) is 11.5. The maximum Gasteiger partial charge on any atom is 0.313 e. The minimum absolute atomic E-state index is 0.739. The molecule has 0 heterocycles. The largest absolute Gasteiger partial charge is 0.497 e. The summed E-state index contributed by atoms with van der Waals surface area (Å²) in [6.45, 7) is 5.98. The van der Waals surface area contributed by atoms with E-state index in [1.165, 1.54) is 11.1 Å². The average Bonchev–Trinajstić information content (AvgIpc) is 2.78. The van der Waals surface area contributed by atoms with E-state index in [-0.39, 0.29) is 0 Å². The van der Waals surface area contributed by atoms with Crippen molar-refractivity contribution in [2.45, 2.75) is 38.8 Å². The number of carboxylic acids is 1. The van der Waals surface area contributed by atoms with Gasteiger partial charge < -0.3 is 9.84 Å². The molecule has 0 saturated carbocycles. The van der Waals surface area contributed by atoms with Crippen LogP contribution >= 0.6 is 0 Å². The summed E-state index contributed by atoms with van der Waals surface area (Å²) in [5.74, 6) is -0.0815. The van der Waals surface area contributed by atoms with E-state index in [1.807, 2.05) is 30.3 Å². The highest BCUT2D eigenvalue weighted by Crippen LogP contribution is 2.30. The molecule has 0 aliphatic rings. The monoisotopic (exact) mass is 417 g/mol. The van der Waals surface area contributed by atoms with Gasteiger partial charge in [0.1, 0.15) is 5.75 Å². The second-order valence-corrected chi connectivity index (χ2v) is 8.39. The Morgan fingerprint density at radius 3 is 1.94 bits per heavy atom. The zero-order valence-corrected chi connectivity index (χ0v) is 18.5. The van der Waals surface area contributed by atoms with E-state index in [2.05, 4.69) is 53.4 Å². The fourth-order valence-corrected chi connectivity index (χ4v) is 3.80. The fourth-order valence-electron chi connectivity index (χ4n) is 3.80. The maximum atomic E-state index is 11.9. The Bertz CT molecular complexity index is 942. The molecule has 4 heteroatoms. The molecule has 0 radical (unpaired) electrons. The van der Waals surface area contributed by atoms with Crippen LogP contribution in [0.1, 0.15) is 36.1 Å². The first kappa shape index (κ1) is 22.6. The van der Waals surface area contributed by atoms with Crippen LogP contribution in [0.4, 0.5) is 0 Å². The van der Waals surface area contributed by atoms with Gasteiger partial charge in [-0.1, -0.05) is 66.7 Å². The Morgan fingerprint density at radius 2 is 1.45 bits per heavy atom. The molecule has 0 aromatic heterocycles. The van der Waals surface area contributed by atoms with Gasteiger partial charge in [-0.3, -0.25) is 9.69 Å². The van der Waals surface area contributed by atoms with Crippen LogP contribution in [0.2, 0.25) is 0 Å². The maximum absolute atomic E-state index is 11.9. The summed E-state index contributed by atoms with van der Waals surface area (Å²) in [4.78, 5) is 14.3. The minimum Gasteiger partial charge on any atom is -0.497 e. The number of nitrogens with zero attached hydrogens (tertiary/aromatic N) is 1. The number of carbonyl (C=O) groups is 1. The van der Waals surface area contributed by atoms with E-state index in [0.29, 0.717) is 0 Å². The molecule has 0 aliphatic carbocycles. The highest BCUT2D eigenvalue weighted by molar-refractivity contribution is 5.81. The molecular weight excluding hydrogens is 386 g/mol. The van der Waals surface area contributed by atoms with Gasteiger partial charge >= 0.3 is 5.97 Å². The molecule has 4 nitrogen and oxygen atoms in total. The summed E-state index contributed by atoms with van der Waals surface area (Å²) >= 11 is 0. The Morgan fingerprint density at radius 1 is 0.903 bits per heavy atom. The predicted molar refractivity (Wildman–Crippen MR) is 124 cm³/mol. The first-order valence-electron chi connectivity index (χ1n) is 10.6. The Kier molecular flexibility index (Phi) is 7.48. The first-order valence-corrected chi connectivity index (χ1v) is 10.6. The lowest BCUT2D eigenvalue weighted by atomic mass is 9.81. The minimum atomic E-state index is -0.967. The summed E-state index contributed by atoms with van der Waals surface area (Å²) in [6, 6.07) is 26.6. The molecule has 0 unspecified atom stereocenters. The zero-order valence-electron chi connectivity index (χ0n) is 18.5. The molecule has 0 aliphatic heterocycles. The second kappa shape index (κ2) is 10.3. The van der Waals surface area contributed by atoms with Crippen LogP contribution in [0, 0.1) is 0 Å². The van der Waals surface area contributed by atoms with Crippen molar-refractivity contribution < 1.29 is 14.6 Å². The smallest absolute Gasteiger partial charge is 0.313 e. The summed E-state index contributed by atoms with van der Waals surface area (Å²) in [5, 5.41) is 9.77. The van der Waals surface area contributed by atoms with E-state index < -0.39 is 11.4 Å². The highest BCUT2D eigenvalue weighted by Gasteiger charge is 2.31. The van der Waals surface area contributed by atoms with E-state index in [9.17, 15) is 9.90 Å². The first-order chi connectivity index (χ1) is 14.9. The zero-order chi connectivity index (χ0) is 22.3. The van der Waals surface area contributed by atoms with Crippen molar-refractivity contribution in [2.24, 2.45) is 0 Å². The quantitative estimate of drug-likeness (QED) is 0.486. The molecule has 0 bridgehead atoms. The Hall–Kier alpha value is -3.11. The molecule has 0 atom stereocenters. The van der Waals surface area contributed by atoms with Gasteiger partial charge in [0, 0.05) is 19.6 Å². The van der Waals surface area contributed by atoms with Crippen molar-refractivity contribution in [1.82, 2.24) is 4.90 Å². The van der Waals surface area contributed by atoms with E-state index in [0.717, 1.165) is 42.9 Å². The average molecular weight is 418 g/mol. The number of hydrogen-bond acceptors (Lipinski definition) is 3. The van der Waals surface area contributed by atoms with Crippen LogP contribution in [-0.4, -0.2) is 29.6 Å². The summed E-state index contributed by atoms with van der Waals surface area (Å²) in [6.07, 6.45) is 0.739. The molecular formula is C27H31NO3. The van der Waals surface area contributed by atoms with Crippen molar-refractivity contribution in [3.63, 3.8) is 0 Å². The van der Waals surface area contributed by atoms with Gasteiger partial charge in [-0.25, -0.2) is 0 Å². The number of benzene rings is 3. The van der Waals surface area contributed by atoms with Crippen molar-refractivity contribution >= 4 is 5.97 Å². The topological polar surface area (TPSA) is 49.8 Å². The number of rotatable bonds is 10. The van der Waals surface area contributed by atoms with Gasteiger partial charge in [0.15, 0.2) is 0 Å². The summed E-state index contributed by atoms with van der Waals surface area (Å²) in [7, 11) is 1.64. The van der Waals surface area contributed by atoms with Gasteiger partial charge in [0.2, 0.25) is 0 Å². The number of aliphatic carboxylic acids is 1. The lowest BCUT2D eigenvalue weighted by Gasteiger charge is -2.26. The van der Waals surface area contributed by atoms with Crippen molar-refractivity contribution in [1.29, 1.82) is 0 Å². The number of methoxy groups -OCH3 is 1. The number of carboxylic acid groups (broad SMARTS) is 1. The Balaban J connectivity index is 1.85. The molecule has 3 aromatic carbocycles. The third-order valence-electron chi connectivity index (χ3n) is 5.72. The van der Waals surface area contributed by atoms with Gasteiger partial charge in [0.25, 0.3) is 0 Å². The van der Waals surface area contributed by atoms with Crippen LogP contribution in [0.5, 0.6) is 5.75 Å². The molecule has 0 amide bonds. The highest BCUT2D eigenvalue weighted by atomic mass is 16.5.